The van der Waals surface area contributed by atoms with Gasteiger partial charge in [0.05, 0.1) is 5.41 Å². The first-order valence-corrected chi connectivity index (χ1v) is 10.3. The van der Waals surface area contributed by atoms with E-state index in [0.717, 1.165) is 37.7 Å². The van der Waals surface area contributed by atoms with Crippen LogP contribution in [0.3, 0.4) is 0 Å². The second-order valence-electron chi connectivity index (χ2n) is 8.22. The highest BCUT2D eigenvalue weighted by molar-refractivity contribution is 6.07. The second-order valence-corrected chi connectivity index (χ2v) is 8.22. The number of carbonyl (C=O) groups is 3. The van der Waals surface area contributed by atoms with Crippen LogP contribution in [0.2, 0.25) is 0 Å². The van der Waals surface area contributed by atoms with E-state index in [4.69, 9.17) is 4.74 Å². The number of carbonyl (C=O) groups excluding carboxylic acids is 2. The maximum Gasteiger partial charge on any atom is 0.405 e. The summed E-state index contributed by atoms with van der Waals surface area (Å²) in [6, 6.07) is 4.65. The van der Waals surface area contributed by atoms with Gasteiger partial charge in [-0.2, -0.15) is 0 Å². The van der Waals surface area contributed by atoms with Crippen LogP contribution in [0, 0.1) is 5.92 Å². The fourth-order valence-electron chi connectivity index (χ4n) is 4.94. The Hall–Kier alpha value is -2.61. The molecule has 1 aromatic rings. The van der Waals surface area contributed by atoms with Crippen LogP contribution >= 0.6 is 0 Å². The third kappa shape index (κ3) is 3.81. The van der Waals surface area contributed by atoms with Gasteiger partial charge in [0, 0.05) is 24.6 Å². The van der Waals surface area contributed by atoms with Gasteiger partial charge in [0.1, 0.15) is 6.04 Å². The zero-order valence-corrected chi connectivity index (χ0v) is 16.3. The first-order valence-electron chi connectivity index (χ1n) is 10.3. The molecule has 8 nitrogen and oxygen atoms in total. The zero-order valence-electron chi connectivity index (χ0n) is 16.3. The normalized spacial score (nSPS) is 21.9. The Morgan fingerprint density at radius 3 is 2.59 bits per heavy atom. The van der Waals surface area contributed by atoms with Gasteiger partial charge in [0.2, 0.25) is 11.8 Å². The molecule has 2 heterocycles. The van der Waals surface area contributed by atoms with E-state index >= 15 is 0 Å². The highest BCUT2D eigenvalue weighted by Crippen LogP contribution is 2.45. The quantitative estimate of drug-likeness (QED) is 0.619. The van der Waals surface area contributed by atoms with Crippen molar-refractivity contribution in [3.8, 4) is 0 Å². The molecule has 4 N–H and O–H groups in total. The first kappa shape index (κ1) is 19.7. The molecule has 1 saturated heterocycles. The van der Waals surface area contributed by atoms with Gasteiger partial charge >= 0.3 is 6.09 Å². The maximum atomic E-state index is 12.9. The molecule has 2 fully saturated rings. The van der Waals surface area contributed by atoms with Gasteiger partial charge in [0.25, 0.3) is 0 Å². The van der Waals surface area contributed by atoms with Crippen molar-refractivity contribution in [1.82, 2.24) is 5.32 Å². The van der Waals surface area contributed by atoms with Crippen molar-refractivity contribution in [3.05, 3.63) is 23.8 Å². The Kier molecular flexibility index (Phi) is 5.45. The fourth-order valence-corrected chi connectivity index (χ4v) is 4.94. The van der Waals surface area contributed by atoms with Crippen molar-refractivity contribution in [2.75, 3.05) is 23.8 Å². The van der Waals surface area contributed by atoms with Gasteiger partial charge in [-0.15, -0.1) is 0 Å². The largest absolute Gasteiger partial charge is 0.465 e. The summed E-state index contributed by atoms with van der Waals surface area (Å²) in [6.07, 6.45) is 4.90. The molecule has 3 aliphatic rings. The van der Waals surface area contributed by atoms with Gasteiger partial charge in [-0.3, -0.25) is 9.59 Å². The van der Waals surface area contributed by atoms with Crippen molar-refractivity contribution in [2.24, 2.45) is 5.92 Å². The molecule has 0 bridgehead atoms. The Morgan fingerprint density at radius 2 is 1.90 bits per heavy atom. The molecule has 29 heavy (non-hydrogen) atoms. The molecule has 156 valence electrons. The molecule has 8 heteroatoms. The number of benzene rings is 1. The predicted octanol–water partition coefficient (Wildman–Crippen LogP) is 2.84. The number of hydrogen-bond acceptors (Lipinski definition) is 4. The van der Waals surface area contributed by atoms with E-state index in [2.05, 4.69) is 16.0 Å². The number of ether oxygens (including phenoxy) is 1. The van der Waals surface area contributed by atoms with Gasteiger partial charge in [-0.1, -0.05) is 25.3 Å². The molecular formula is C21H27N3O5. The van der Waals surface area contributed by atoms with Crippen molar-refractivity contribution >= 4 is 29.3 Å². The lowest BCUT2D eigenvalue weighted by molar-refractivity contribution is -0.124. The van der Waals surface area contributed by atoms with Crippen LogP contribution in [0.5, 0.6) is 0 Å². The monoisotopic (exact) mass is 401 g/mol. The number of anilines is 2. The first-order chi connectivity index (χ1) is 14.0. The average molecular weight is 401 g/mol. The summed E-state index contributed by atoms with van der Waals surface area (Å²) >= 11 is 0. The Bertz CT molecular complexity index is 813. The minimum atomic E-state index is -1.20. The molecule has 0 radical (unpaired) electrons. The van der Waals surface area contributed by atoms with Crippen molar-refractivity contribution in [1.29, 1.82) is 0 Å². The highest BCUT2D eigenvalue weighted by Gasteiger charge is 2.47. The number of carboxylic acid groups (broad SMARTS) is 1. The van der Waals surface area contributed by atoms with Crippen molar-refractivity contribution in [3.63, 3.8) is 0 Å². The molecule has 2 aliphatic heterocycles. The summed E-state index contributed by atoms with van der Waals surface area (Å²) in [4.78, 5) is 36.7. The Morgan fingerprint density at radius 1 is 1.17 bits per heavy atom. The zero-order chi connectivity index (χ0) is 20.4. The molecule has 0 aromatic heterocycles. The van der Waals surface area contributed by atoms with Crippen molar-refractivity contribution < 1.29 is 24.2 Å². The van der Waals surface area contributed by atoms with Crippen LogP contribution in [0.1, 0.15) is 50.5 Å². The molecule has 1 saturated carbocycles. The molecule has 3 amide bonds. The molecule has 1 atom stereocenters. The molecular weight excluding hydrogens is 374 g/mol. The second kappa shape index (κ2) is 8.02. The topological polar surface area (TPSA) is 117 Å². The SMILES string of the molecule is O=C(O)N[C@H](C(=O)Nc1ccc2c(c1)NC(=O)C21CCOCC1)C1CCCCC1. The van der Waals surface area contributed by atoms with Gasteiger partial charge in [0.15, 0.2) is 0 Å². The number of amides is 3. The summed E-state index contributed by atoms with van der Waals surface area (Å²) in [7, 11) is 0. The summed E-state index contributed by atoms with van der Waals surface area (Å²) in [5.74, 6) is -0.379. The minimum absolute atomic E-state index is 0.000474. The van der Waals surface area contributed by atoms with Crippen LogP contribution in [0.15, 0.2) is 18.2 Å². The van der Waals surface area contributed by atoms with E-state index in [1.807, 2.05) is 6.07 Å². The van der Waals surface area contributed by atoms with Gasteiger partial charge in [-0.05, 0) is 49.3 Å². The van der Waals surface area contributed by atoms with Crippen LogP contribution < -0.4 is 16.0 Å². The molecule has 0 unspecified atom stereocenters. The smallest absolute Gasteiger partial charge is 0.405 e. The fraction of sp³-hybridized carbons (Fsp3) is 0.571. The van der Waals surface area contributed by atoms with E-state index in [9.17, 15) is 19.5 Å². The van der Waals surface area contributed by atoms with Crippen LogP contribution in [0.4, 0.5) is 16.2 Å². The van der Waals surface area contributed by atoms with Gasteiger partial charge in [-0.25, -0.2) is 4.79 Å². The third-order valence-electron chi connectivity index (χ3n) is 6.51. The Labute approximate surface area is 169 Å². The predicted molar refractivity (Wildman–Crippen MR) is 107 cm³/mol. The lowest BCUT2D eigenvalue weighted by Gasteiger charge is -2.31. The number of fused-ring (bicyclic) bond motifs is 2. The van der Waals surface area contributed by atoms with E-state index in [0.29, 0.717) is 37.4 Å². The molecule has 1 spiro atoms. The van der Waals surface area contributed by atoms with E-state index in [1.54, 1.807) is 12.1 Å². The lowest BCUT2D eigenvalue weighted by atomic mass is 9.75. The summed E-state index contributed by atoms with van der Waals surface area (Å²) in [6.45, 7) is 1.10. The molecule has 1 aromatic carbocycles. The lowest BCUT2D eigenvalue weighted by Crippen LogP contribution is -2.48. The number of rotatable bonds is 4. The highest BCUT2D eigenvalue weighted by atomic mass is 16.5. The van der Waals surface area contributed by atoms with E-state index in [1.165, 1.54) is 0 Å². The summed E-state index contributed by atoms with van der Waals surface area (Å²) < 4.78 is 5.42. The van der Waals surface area contributed by atoms with Crippen LogP contribution in [0.25, 0.3) is 0 Å². The minimum Gasteiger partial charge on any atom is -0.465 e. The Balaban J connectivity index is 1.52. The van der Waals surface area contributed by atoms with Crippen LogP contribution in [-0.4, -0.2) is 42.3 Å². The maximum absolute atomic E-state index is 12.9. The molecule has 1 aliphatic carbocycles. The number of hydrogen-bond donors (Lipinski definition) is 4. The molecule has 4 rings (SSSR count). The standard InChI is InChI=1S/C21H27N3O5/c25-18(17(24-20(27)28)13-4-2-1-3-5-13)22-14-6-7-15-16(12-14)23-19(26)21(15)8-10-29-11-9-21/h6-7,12-13,17,24H,1-5,8-11H2,(H,22,25)(H,23,26)(H,27,28)/t17-/m0/s1. The van der Waals surface area contributed by atoms with Crippen LogP contribution in [-0.2, 0) is 19.7 Å². The average Bonchev–Trinajstić information content (AvgIpc) is 2.97. The van der Waals surface area contributed by atoms with E-state index < -0.39 is 17.6 Å². The summed E-state index contributed by atoms with van der Waals surface area (Å²) in [5, 5.41) is 17.4. The third-order valence-corrected chi connectivity index (χ3v) is 6.51. The summed E-state index contributed by atoms with van der Waals surface area (Å²) in [5.41, 5.74) is 1.64. The van der Waals surface area contributed by atoms with Crippen molar-refractivity contribution in [2.45, 2.75) is 56.4 Å². The van der Waals surface area contributed by atoms with E-state index in [-0.39, 0.29) is 17.7 Å². The number of nitrogens with one attached hydrogen (secondary N) is 3. The van der Waals surface area contributed by atoms with Gasteiger partial charge < -0.3 is 25.8 Å².